The summed E-state index contributed by atoms with van der Waals surface area (Å²) in [6.45, 7) is 1.98. The molecule has 0 aliphatic carbocycles. The van der Waals surface area contributed by atoms with Crippen molar-refractivity contribution in [2.75, 3.05) is 42.3 Å². The van der Waals surface area contributed by atoms with Gasteiger partial charge in [0.05, 0.1) is 24.3 Å². The Morgan fingerprint density at radius 2 is 1.70 bits per heavy atom. The standard InChI is InChI=1S/C21H25N3O5S/c1-15(25)22-18-9-8-17(14-19(18)29-2)23-21(26)20(16-6-4-3-5-7-16)24-10-12-30(27,28)13-11-24/h3-9,14,20H,10-13H2,1-2H3,(H,22,25)(H,23,26). The molecule has 2 aromatic rings. The van der Waals surface area contributed by atoms with Crippen LogP contribution in [0.1, 0.15) is 18.5 Å². The summed E-state index contributed by atoms with van der Waals surface area (Å²) >= 11 is 0. The topological polar surface area (TPSA) is 105 Å². The lowest BCUT2D eigenvalue weighted by molar-refractivity contribution is -0.121. The van der Waals surface area contributed by atoms with Gasteiger partial charge in [-0.3, -0.25) is 14.5 Å². The molecule has 1 fully saturated rings. The van der Waals surface area contributed by atoms with Crippen molar-refractivity contribution in [2.45, 2.75) is 13.0 Å². The summed E-state index contributed by atoms with van der Waals surface area (Å²) in [4.78, 5) is 26.4. The fourth-order valence-corrected chi connectivity index (χ4v) is 4.65. The van der Waals surface area contributed by atoms with Crippen LogP contribution in [-0.4, -0.2) is 56.8 Å². The summed E-state index contributed by atoms with van der Waals surface area (Å²) in [5.74, 6) is -0.0152. The molecule has 0 aromatic heterocycles. The van der Waals surface area contributed by atoms with Gasteiger partial charge in [0.25, 0.3) is 0 Å². The number of anilines is 2. The highest BCUT2D eigenvalue weighted by molar-refractivity contribution is 7.91. The fraction of sp³-hybridized carbons (Fsp3) is 0.333. The highest BCUT2D eigenvalue weighted by atomic mass is 32.2. The predicted molar refractivity (Wildman–Crippen MR) is 115 cm³/mol. The molecule has 2 amide bonds. The number of hydrogen-bond donors (Lipinski definition) is 2. The van der Waals surface area contributed by atoms with E-state index in [0.717, 1.165) is 5.56 Å². The highest BCUT2D eigenvalue weighted by Gasteiger charge is 2.32. The Kier molecular flexibility index (Phi) is 6.73. The maximum absolute atomic E-state index is 13.2. The summed E-state index contributed by atoms with van der Waals surface area (Å²) in [6.07, 6.45) is 0. The van der Waals surface area contributed by atoms with Crippen molar-refractivity contribution in [3.05, 3.63) is 54.1 Å². The van der Waals surface area contributed by atoms with Gasteiger partial charge in [-0.05, 0) is 17.7 Å². The Balaban J connectivity index is 1.84. The molecule has 3 rings (SSSR count). The van der Waals surface area contributed by atoms with E-state index in [0.29, 0.717) is 30.2 Å². The van der Waals surface area contributed by atoms with E-state index in [1.54, 1.807) is 18.2 Å². The van der Waals surface area contributed by atoms with E-state index >= 15 is 0 Å². The first kappa shape index (κ1) is 21.8. The third-order valence-corrected chi connectivity index (χ3v) is 6.50. The number of ether oxygens (including phenoxy) is 1. The minimum Gasteiger partial charge on any atom is -0.494 e. The van der Waals surface area contributed by atoms with E-state index < -0.39 is 15.9 Å². The van der Waals surface area contributed by atoms with Gasteiger partial charge in [0.1, 0.15) is 11.8 Å². The Morgan fingerprint density at radius 3 is 2.30 bits per heavy atom. The lowest BCUT2D eigenvalue weighted by Gasteiger charge is -2.33. The molecule has 0 spiro atoms. The van der Waals surface area contributed by atoms with Crippen LogP contribution in [0.15, 0.2) is 48.5 Å². The van der Waals surface area contributed by atoms with Crippen LogP contribution in [0, 0.1) is 0 Å². The summed E-state index contributed by atoms with van der Waals surface area (Å²) in [5.41, 5.74) is 1.80. The van der Waals surface area contributed by atoms with Gasteiger partial charge in [-0.1, -0.05) is 30.3 Å². The van der Waals surface area contributed by atoms with E-state index in [4.69, 9.17) is 4.74 Å². The quantitative estimate of drug-likeness (QED) is 0.726. The number of amides is 2. The molecule has 160 valence electrons. The average molecular weight is 432 g/mol. The zero-order valence-corrected chi connectivity index (χ0v) is 17.7. The van der Waals surface area contributed by atoms with Gasteiger partial charge in [-0.25, -0.2) is 8.42 Å². The predicted octanol–water partition coefficient (Wildman–Crippen LogP) is 2.06. The molecule has 2 N–H and O–H groups in total. The molecule has 8 nitrogen and oxygen atoms in total. The van der Waals surface area contributed by atoms with Crippen molar-refractivity contribution >= 4 is 33.0 Å². The molecule has 1 aliphatic rings. The van der Waals surface area contributed by atoms with E-state index in [1.807, 2.05) is 35.2 Å². The number of hydrogen-bond acceptors (Lipinski definition) is 6. The molecular formula is C21H25N3O5S. The van der Waals surface area contributed by atoms with Gasteiger partial charge < -0.3 is 15.4 Å². The first-order chi connectivity index (χ1) is 14.3. The van der Waals surface area contributed by atoms with Crippen molar-refractivity contribution in [1.82, 2.24) is 4.90 Å². The minimum absolute atomic E-state index is 0.0306. The first-order valence-electron chi connectivity index (χ1n) is 9.55. The molecular weight excluding hydrogens is 406 g/mol. The number of sulfone groups is 1. The third kappa shape index (κ3) is 5.37. The van der Waals surface area contributed by atoms with Crippen LogP contribution in [-0.2, 0) is 19.4 Å². The van der Waals surface area contributed by atoms with Crippen molar-refractivity contribution < 1.29 is 22.7 Å². The maximum Gasteiger partial charge on any atom is 0.246 e. The minimum atomic E-state index is -3.06. The van der Waals surface area contributed by atoms with Gasteiger partial charge in [-0.2, -0.15) is 0 Å². The monoisotopic (exact) mass is 431 g/mol. The van der Waals surface area contributed by atoms with E-state index in [1.165, 1.54) is 14.0 Å². The van der Waals surface area contributed by atoms with Crippen molar-refractivity contribution in [3.8, 4) is 5.75 Å². The molecule has 1 saturated heterocycles. The first-order valence-corrected chi connectivity index (χ1v) is 11.4. The van der Waals surface area contributed by atoms with Crippen LogP contribution < -0.4 is 15.4 Å². The van der Waals surface area contributed by atoms with Crippen molar-refractivity contribution in [1.29, 1.82) is 0 Å². The Hall–Kier alpha value is -2.91. The lowest BCUT2D eigenvalue weighted by Crippen LogP contribution is -2.46. The van der Waals surface area contributed by atoms with Crippen LogP contribution in [0.5, 0.6) is 5.75 Å². The van der Waals surface area contributed by atoms with Gasteiger partial charge in [0, 0.05) is 31.8 Å². The molecule has 1 aliphatic heterocycles. The van der Waals surface area contributed by atoms with E-state index in [2.05, 4.69) is 10.6 Å². The third-order valence-electron chi connectivity index (χ3n) is 4.89. The molecule has 2 aromatic carbocycles. The van der Waals surface area contributed by atoms with Crippen LogP contribution in [0.2, 0.25) is 0 Å². The number of rotatable bonds is 6. The van der Waals surface area contributed by atoms with Gasteiger partial charge in [-0.15, -0.1) is 0 Å². The number of carbonyl (C=O) groups excluding carboxylic acids is 2. The van der Waals surface area contributed by atoms with Crippen LogP contribution >= 0.6 is 0 Å². The maximum atomic E-state index is 13.2. The summed E-state index contributed by atoms with van der Waals surface area (Å²) in [5, 5.41) is 5.56. The second-order valence-electron chi connectivity index (χ2n) is 7.09. The van der Waals surface area contributed by atoms with E-state index in [-0.39, 0.29) is 23.3 Å². The molecule has 1 heterocycles. The largest absolute Gasteiger partial charge is 0.494 e. The second-order valence-corrected chi connectivity index (χ2v) is 9.39. The smallest absolute Gasteiger partial charge is 0.246 e. The molecule has 1 unspecified atom stereocenters. The molecule has 0 radical (unpaired) electrons. The lowest BCUT2D eigenvalue weighted by atomic mass is 10.0. The van der Waals surface area contributed by atoms with Crippen molar-refractivity contribution in [2.24, 2.45) is 0 Å². The second kappa shape index (κ2) is 9.27. The zero-order valence-electron chi connectivity index (χ0n) is 16.9. The number of methoxy groups -OCH3 is 1. The zero-order chi connectivity index (χ0) is 21.7. The number of nitrogens with zero attached hydrogens (tertiary/aromatic N) is 1. The van der Waals surface area contributed by atoms with Crippen LogP contribution in [0.3, 0.4) is 0 Å². The van der Waals surface area contributed by atoms with Gasteiger partial charge in [0.15, 0.2) is 9.84 Å². The molecule has 0 bridgehead atoms. The number of nitrogens with one attached hydrogen (secondary N) is 2. The normalized spacial score (nSPS) is 17.0. The molecule has 9 heteroatoms. The Morgan fingerprint density at radius 1 is 1.03 bits per heavy atom. The summed E-state index contributed by atoms with van der Waals surface area (Å²) < 4.78 is 29.0. The molecule has 30 heavy (non-hydrogen) atoms. The Bertz CT molecular complexity index is 1010. The summed E-state index contributed by atoms with van der Waals surface area (Å²) in [6, 6.07) is 13.6. The summed E-state index contributed by atoms with van der Waals surface area (Å²) in [7, 11) is -1.58. The van der Waals surface area contributed by atoms with Crippen LogP contribution in [0.4, 0.5) is 11.4 Å². The van der Waals surface area contributed by atoms with Gasteiger partial charge in [0.2, 0.25) is 11.8 Å². The highest BCUT2D eigenvalue weighted by Crippen LogP contribution is 2.30. The average Bonchev–Trinajstić information content (AvgIpc) is 2.71. The number of benzene rings is 2. The Labute approximate surface area is 176 Å². The molecule has 1 atom stereocenters. The van der Waals surface area contributed by atoms with Crippen LogP contribution in [0.25, 0.3) is 0 Å². The van der Waals surface area contributed by atoms with Gasteiger partial charge >= 0.3 is 0 Å². The van der Waals surface area contributed by atoms with E-state index in [9.17, 15) is 18.0 Å². The fourth-order valence-electron chi connectivity index (χ4n) is 3.42. The number of carbonyl (C=O) groups is 2. The molecule has 0 saturated carbocycles. The van der Waals surface area contributed by atoms with Crippen molar-refractivity contribution in [3.63, 3.8) is 0 Å². The SMILES string of the molecule is COc1cc(NC(=O)C(c2ccccc2)N2CCS(=O)(=O)CC2)ccc1NC(C)=O.